The molecule has 1 amide bonds. The molecule has 1 N–H and O–H groups in total. The minimum absolute atomic E-state index is 0.0185. The lowest BCUT2D eigenvalue weighted by molar-refractivity contribution is -0.113. The maximum atomic E-state index is 12.1. The second kappa shape index (κ2) is 7.70. The number of rotatable bonds is 6. The average molecular weight is 354 g/mol. The Morgan fingerprint density at radius 1 is 1.28 bits per heavy atom. The van der Waals surface area contributed by atoms with Gasteiger partial charge in [-0.2, -0.15) is 5.10 Å². The first-order valence-electron chi connectivity index (χ1n) is 8.29. The second-order valence-corrected chi connectivity index (χ2v) is 7.34. The number of thioether (sulfide) groups is 1. The van der Waals surface area contributed by atoms with Crippen molar-refractivity contribution in [2.45, 2.75) is 32.6 Å². The summed E-state index contributed by atoms with van der Waals surface area (Å²) in [5, 5.41) is 8.18. The summed E-state index contributed by atoms with van der Waals surface area (Å²) >= 11 is 1.61. The van der Waals surface area contributed by atoms with Crippen molar-refractivity contribution in [2.75, 3.05) is 11.1 Å². The van der Waals surface area contributed by atoms with Gasteiger partial charge >= 0.3 is 0 Å². The van der Waals surface area contributed by atoms with Crippen LogP contribution in [0.4, 0.5) is 5.69 Å². The zero-order chi connectivity index (χ0) is 17.8. The van der Waals surface area contributed by atoms with Crippen LogP contribution in [0.1, 0.15) is 31.0 Å². The molecule has 130 valence electrons. The van der Waals surface area contributed by atoms with Crippen molar-refractivity contribution in [3.8, 4) is 0 Å². The summed E-state index contributed by atoms with van der Waals surface area (Å²) in [5.74, 6) is 1.22. The molecule has 0 spiro atoms. The number of nitrogens with zero attached hydrogens (tertiary/aromatic N) is 3. The molecule has 3 rings (SSSR count). The first kappa shape index (κ1) is 17.5. The molecule has 0 saturated heterocycles. The van der Waals surface area contributed by atoms with E-state index < -0.39 is 0 Å². The number of nitrogens with one attached hydrogen (secondary N) is 1. The third-order valence-corrected chi connectivity index (χ3v) is 4.79. The van der Waals surface area contributed by atoms with E-state index in [1.165, 1.54) is 11.1 Å². The van der Waals surface area contributed by atoms with E-state index in [0.717, 1.165) is 16.8 Å². The van der Waals surface area contributed by atoms with E-state index in [-0.39, 0.29) is 11.9 Å². The lowest BCUT2D eigenvalue weighted by Gasteiger charge is -2.08. The Labute approximate surface area is 151 Å². The number of carbonyl (C=O) groups is 1. The van der Waals surface area contributed by atoms with Crippen molar-refractivity contribution in [3.63, 3.8) is 0 Å². The molecule has 0 atom stereocenters. The van der Waals surface area contributed by atoms with E-state index in [9.17, 15) is 4.79 Å². The number of fused-ring (bicyclic) bond motifs is 1. The Morgan fingerprint density at radius 2 is 2.12 bits per heavy atom. The molecule has 0 unspecified atom stereocenters. The average Bonchev–Trinajstić information content (AvgIpc) is 2.98. The predicted octanol–water partition coefficient (Wildman–Crippen LogP) is 4.19. The van der Waals surface area contributed by atoms with Gasteiger partial charge in [0.2, 0.25) is 5.91 Å². The Kier molecular flexibility index (Phi) is 5.38. The molecule has 2 aromatic heterocycles. The number of benzene rings is 1. The molecule has 1 aromatic carbocycles. The number of carbonyl (C=O) groups excluding carboxylic acids is 1. The molecule has 25 heavy (non-hydrogen) atoms. The van der Waals surface area contributed by atoms with Gasteiger partial charge < -0.3 is 5.32 Å². The molecule has 0 aliphatic carbocycles. The molecule has 6 heteroatoms. The molecule has 0 saturated carbocycles. The Balaban J connectivity index is 1.56. The van der Waals surface area contributed by atoms with Crippen molar-refractivity contribution >= 4 is 34.4 Å². The molecule has 3 aromatic rings. The van der Waals surface area contributed by atoms with Crippen molar-refractivity contribution in [3.05, 3.63) is 53.9 Å². The van der Waals surface area contributed by atoms with Gasteiger partial charge in [-0.15, -0.1) is 11.8 Å². The van der Waals surface area contributed by atoms with Crippen LogP contribution in [-0.2, 0) is 10.5 Å². The Morgan fingerprint density at radius 3 is 2.88 bits per heavy atom. The summed E-state index contributed by atoms with van der Waals surface area (Å²) in [7, 11) is 0. The third kappa shape index (κ3) is 4.39. The highest BCUT2D eigenvalue weighted by molar-refractivity contribution is 7.99. The van der Waals surface area contributed by atoms with Gasteiger partial charge in [0.05, 0.1) is 23.8 Å². The standard InChI is InChI=1S/C19H22N4OS/c1-13(2)23-19-16(9-21-23)8-17(10-20-19)22-18(24)12-25-11-15-6-4-5-14(3)7-15/h4-10,13H,11-12H2,1-3H3,(H,22,24). The van der Waals surface area contributed by atoms with E-state index in [1.807, 2.05) is 16.8 Å². The maximum absolute atomic E-state index is 12.1. The summed E-state index contributed by atoms with van der Waals surface area (Å²) in [4.78, 5) is 16.6. The number of pyridine rings is 1. The van der Waals surface area contributed by atoms with Gasteiger partial charge in [-0.05, 0) is 32.4 Å². The Bertz CT molecular complexity index is 888. The maximum Gasteiger partial charge on any atom is 0.234 e. The van der Waals surface area contributed by atoms with E-state index in [1.54, 1.807) is 24.2 Å². The molecule has 0 bridgehead atoms. The number of hydrogen-bond donors (Lipinski definition) is 1. The summed E-state index contributed by atoms with van der Waals surface area (Å²) in [5.41, 5.74) is 4.02. The minimum Gasteiger partial charge on any atom is -0.324 e. The molecule has 0 fully saturated rings. The number of aromatic nitrogens is 3. The summed E-state index contributed by atoms with van der Waals surface area (Å²) in [6.07, 6.45) is 3.47. The van der Waals surface area contributed by atoms with Crippen LogP contribution in [0.5, 0.6) is 0 Å². The van der Waals surface area contributed by atoms with E-state index >= 15 is 0 Å². The van der Waals surface area contributed by atoms with Gasteiger partial charge in [-0.1, -0.05) is 29.8 Å². The first-order chi connectivity index (χ1) is 12.0. The molecule has 0 radical (unpaired) electrons. The van der Waals surface area contributed by atoms with Crippen LogP contribution in [0.25, 0.3) is 11.0 Å². The fourth-order valence-corrected chi connectivity index (χ4v) is 3.42. The molecule has 0 aliphatic heterocycles. The zero-order valence-electron chi connectivity index (χ0n) is 14.7. The van der Waals surface area contributed by atoms with Gasteiger partial charge in [-0.25, -0.2) is 9.67 Å². The summed E-state index contributed by atoms with van der Waals surface area (Å²) in [6, 6.07) is 10.5. The highest BCUT2D eigenvalue weighted by Gasteiger charge is 2.09. The molecule has 2 heterocycles. The van der Waals surface area contributed by atoms with Crippen molar-refractivity contribution in [1.29, 1.82) is 0 Å². The summed E-state index contributed by atoms with van der Waals surface area (Å²) in [6.45, 7) is 6.20. The van der Waals surface area contributed by atoms with Gasteiger partial charge in [-0.3, -0.25) is 4.79 Å². The SMILES string of the molecule is Cc1cccc(CSCC(=O)Nc2cnc3c(cnn3C(C)C)c2)c1. The van der Waals surface area contributed by atoms with Crippen molar-refractivity contribution < 1.29 is 4.79 Å². The second-order valence-electron chi connectivity index (χ2n) is 6.35. The van der Waals surface area contributed by atoms with Crippen LogP contribution in [0, 0.1) is 6.92 Å². The van der Waals surface area contributed by atoms with Gasteiger partial charge in [0.25, 0.3) is 0 Å². The molecular weight excluding hydrogens is 332 g/mol. The normalized spacial score (nSPS) is 11.2. The van der Waals surface area contributed by atoms with Crippen LogP contribution in [0.3, 0.4) is 0 Å². The van der Waals surface area contributed by atoms with Crippen LogP contribution in [0.2, 0.25) is 0 Å². The van der Waals surface area contributed by atoms with Gasteiger partial charge in [0.1, 0.15) is 0 Å². The lowest BCUT2D eigenvalue weighted by atomic mass is 10.2. The molecular formula is C19H22N4OS. The van der Waals surface area contributed by atoms with Crippen LogP contribution in [-0.4, -0.2) is 26.4 Å². The monoisotopic (exact) mass is 354 g/mol. The highest BCUT2D eigenvalue weighted by atomic mass is 32.2. The number of anilines is 1. The van der Waals surface area contributed by atoms with Gasteiger partial charge in [0, 0.05) is 17.2 Å². The number of aryl methyl sites for hydroxylation is 1. The fraction of sp³-hybridized carbons (Fsp3) is 0.316. The zero-order valence-corrected chi connectivity index (χ0v) is 15.5. The number of hydrogen-bond acceptors (Lipinski definition) is 4. The topological polar surface area (TPSA) is 59.8 Å². The molecule has 5 nitrogen and oxygen atoms in total. The van der Waals surface area contributed by atoms with Crippen LogP contribution >= 0.6 is 11.8 Å². The predicted molar refractivity (Wildman–Crippen MR) is 104 cm³/mol. The van der Waals surface area contributed by atoms with Crippen LogP contribution < -0.4 is 5.32 Å². The highest BCUT2D eigenvalue weighted by Crippen LogP contribution is 2.19. The van der Waals surface area contributed by atoms with E-state index in [2.05, 4.69) is 54.4 Å². The smallest absolute Gasteiger partial charge is 0.234 e. The first-order valence-corrected chi connectivity index (χ1v) is 9.45. The van der Waals surface area contributed by atoms with Crippen molar-refractivity contribution in [2.24, 2.45) is 0 Å². The minimum atomic E-state index is -0.0185. The largest absolute Gasteiger partial charge is 0.324 e. The quantitative estimate of drug-likeness (QED) is 0.721. The lowest BCUT2D eigenvalue weighted by Crippen LogP contribution is -2.14. The van der Waals surface area contributed by atoms with E-state index in [4.69, 9.17) is 0 Å². The van der Waals surface area contributed by atoms with Crippen LogP contribution in [0.15, 0.2) is 42.7 Å². The van der Waals surface area contributed by atoms with Gasteiger partial charge in [0.15, 0.2) is 5.65 Å². The molecule has 0 aliphatic rings. The van der Waals surface area contributed by atoms with E-state index in [0.29, 0.717) is 11.4 Å². The number of amides is 1. The van der Waals surface area contributed by atoms with Crippen molar-refractivity contribution in [1.82, 2.24) is 14.8 Å². The summed E-state index contributed by atoms with van der Waals surface area (Å²) < 4.78 is 1.87. The Hall–Kier alpha value is -2.34. The third-order valence-electron chi connectivity index (χ3n) is 3.79. The fourth-order valence-electron chi connectivity index (χ4n) is 2.65.